The monoisotopic (exact) mass is 432 g/mol. The molecule has 4 rings (SSSR count). The Kier molecular flexibility index (Phi) is 5.39. The Morgan fingerprint density at radius 1 is 1.28 bits per heavy atom. The van der Waals surface area contributed by atoms with Gasteiger partial charge in [-0.2, -0.15) is 9.78 Å². The molecule has 1 atom stereocenters. The van der Waals surface area contributed by atoms with Crippen LogP contribution >= 0.6 is 0 Å². The Hall–Kier alpha value is -3.44. The molecule has 0 aliphatic carbocycles. The standard InChI is InChI=1S/C24H28N6O2/c1-15-17(14-25)20-26-22(24(2,3)23(31)32)27-30(20)21(19(15)16-10-7-6-8-11-16)29-13-9-12-18(29)28(4)5/h6-8,10-11,18H,9,12-13H2,1-5H3,(H,31,32). The number of pyridine rings is 1. The number of carbonyl (C=O) groups is 1. The summed E-state index contributed by atoms with van der Waals surface area (Å²) in [5.41, 5.74) is 2.24. The largest absolute Gasteiger partial charge is 0.481 e. The van der Waals surface area contributed by atoms with Crippen molar-refractivity contribution in [2.24, 2.45) is 0 Å². The molecule has 8 heteroatoms. The fraction of sp³-hybridized carbons (Fsp3) is 0.417. The van der Waals surface area contributed by atoms with Crippen molar-refractivity contribution >= 4 is 17.4 Å². The first-order chi connectivity index (χ1) is 15.2. The number of nitrogens with zero attached hydrogens (tertiary/aromatic N) is 6. The number of carboxylic acid groups (broad SMARTS) is 1. The normalized spacial score (nSPS) is 16.7. The molecule has 0 radical (unpaired) electrons. The summed E-state index contributed by atoms with van der Waals surface area (Å²) in [7, 11) is 4.11. The smallest absolute Gasteiger partial charge is 0.316 e. The third-order valence-corrected chi connectivity index (χ3v) is 6.36. The van der Waals surface area contributed by atoms with Gasteiger partial charge in [-0.05, 0) is 58.8 Å². The van der Waals surface area contributed by atoms with Gasteiger partial charge in [-0.1, -0.05) is 30.3 Å². The first kappa shape index (κ1) is 21.8. The van der Waals surface area contributed by atoms with Crippen LogP contribution in [-0.2, 0) is 10.2 Å². The van der Waals surface area contributed by atoms with E-state index >= 15 is 0 Å². The third-order valence-electron chi connectivity index (χ3n) is 6.36. The number of anilines is 1. The van der Waals surface area contributed by atoms with E-state index in [1.54, 1.807) is 18.4 Å². The van der Waals surface area contributed by atoms with Crippen LogP contribution in [-0.4, -0.2) is 57.4 Å². The van der Waals surface area contributed by atoms with Crippen molar-refractivity contribution < 1.29 is 9.90 Å². The van der Waals surface area contributed by atoms with Crippen molar-refractivity contribution in [1.82, 2.24) is 19.5 Å². The van der Waals surface area contributed by atoms with Crippen LogP contribution in [0.1, 0.15) is 43.6 Å². The van der Waals surface area contributed by atoms with Crippen molar-refractivity contribution in [2.75, 3.05) is 25.5 Å². The van der Waals surface area contributed by atoms with Gasteiger partial charge in [-0.25, -0.2) is 4.98 Å². The van der Waals surface area contributed by atoms with Crippen LogP contribution in [0.2, 0.25) is 0 Å². The number of nitriles is 1. The lowest BCUT2D eigenvalue weighted by Crippen LogP contribution is -2.41. The van der Waals surface area contributed by atoms with E-state index in [9.17, 15) is 15.2 Å². The number of benzene rings is 1. The molecule has 1 N–H and O–H groups in total. The summed E-state index contributed by atoms with van der Waals surface area (Å²) in [6, 6.07) is 12.3. The highest BCUT2D eigenvalue weighted by molar-refractivity contribution is 5.86. The summed E-state index contributed by atoms with van der Waals surface area (Å²) in [6.07, 6.45) is 2.19. The predicted octanol–water partition coefficient (Wildman–Crippen LogP) is 3.43. The molecule has 0 amide bonds. The minimum absolute atomic E-state index is 0.160. The predicted molar refractivity (Wildman–Crippen MR) is 123 cm³/mol. The van der Waals surface area contributed by atoms with Crippen LogP contribution in [0.25, 0.3) is 16.8 Å². The number of hydrogen-bond donors (Lipinski definition) is 1. The molecule has 1 aromatic carbocycles. The first-order valence-corrected chi connectivity index (χ1v) is 10.7. The second-order valence-corrected chi connectivity index (χ2v) is 9.06. The molecule has 0 spiro atoms. The number of carboxylic acids is 1. The quantitative estimate of drug-likeness (QED) is 0.660. The van der Waals surface area contributed by atoms with Crippen LogP contribution in [0.5, 0.6) is 0 Å². The molecule has 1 unspecified atom stereocenters. The second kappa shape index (κ2) is 7.92. The fourth-order valence-corrected chi connectivity index (χ4v) is 4.43. The number of rotatable bonds is 5. The van der Waals surface area contributed by atoms with Crippen LogP contribution < -0.4 is 4.90 Å². The van der Waals surface area contributed by atoms with Gasteiger partial charge in [0.05, 0.1) is 6.17 Å². The number of aromatic nitrogens is 3. The molecule has 1 aliphatic rings. The molecule has 3 aromatic rings. The molecule has 0 saturated carbocycles. The average Bonchev–Trinajstić information content (AvgIpc) is 3.41. The molecule has 2 aromatic heterocycles. The number of fused-ring (bicyclic) bond motifs is 1. The van der Waals surface area contributed by atoms with Crippen molar-refractivity contribution in [2.45, 2.75) is 45.2 Å². The van der Waals surface area contributed by atoms with Gasteiger partial charge >= 0.3 is 5.97 Å². The Labute approximate surface area is 187 Å². The van der Waals surface area contributed by atoms with E-state index in [4.69, 9.17) is 5.10 Å². The van der Waals surface area contributed by atoms with Gasteiger partial charge in [0.15, 0.2) is 11.5 Å². The molecule has 3 heterocycles. The summed E-state index contributed by atoms with van der Waals surface area (Å²) in [6.45, 7) is 5.93. The highest BCUT2D eigenvalue weighted by atomic mass is 16.4. The zero-order valence-corrected chi connectivity index (χ0v) is 19.1. The number of aliphatic carboxylic acids is 1. The fourth-order valence-electron chi connectivity index (χ4n) is 4.43. The van der Waals surface area contributed by atoms with Gasteiger partial charge in [0.1, 0.15) is 22.9 Å². The van der Waals surface area contributed by atoms with Crippen molar-refractivity contribution in [1.29, 1.82) is 5.26 Å². The van der Waals surface area contributed by atoms with Crippen molar-refractivity contribution in [3.63, 3.8) is 0 Å². The van der Waals surface area contributed by atoms with Gasteiger partial charge in [0.2, 0.25) is 0 Å². The molecule has 8 nitrogen and oxygen atoms in total. The molecule has 0 bridgehead atoms. The van der Waals surface area contributed by atoms with Crippen LogP contribution in [0.3, 0.4) is 0 Å². The van der Waals surface area contributed by atoms with Gasteiger partial charge < -0.3 is 10.0 Å². The Morgan fingerprint density at radius 3 is 2.56 bits per heavy atom. The van der Waals surface area contributed by atoms with Crippen molar-refractivity contribution in [3.8, 4) is 17.2 Å². The molecule has 1 fully saturated rings. The zero-order valence-electron chi connectivity index (χ0n) is 19.1. The highest BCUT2D eigenvalue weighted by Gasteiger charge is 2.37. The maximum Gasteiger partial charge on any atom is 0.316 e. The molecule has 1 aliphatic heterocycles. The van der Waals surface area contributed by atoms with E-state index < -0.39 is 11.4 Å². The van der Waals surface area contributed by atoms with Gasteiger partial charge in [-0.15, -0.1) is 5.10 Å². The van der Waals surface area contributed by atoms with Gasteiger partial charge in [0, 0.05) is 12.1 Å². The molecular weight excluding hydrogens is 404 g/mol. The van der Waals surface area contributed by atoms with E-state index in [-0.39, 0.29) is 12.0 Å². The Bertz CT molecular complexity index is 1220. The third kappa shape index (κ3) is 3.30. The Morgan fingerprint density at radius 2 is 1.97 bits per heavy atom. The average molecular weight is 433 g/mol. The summed E-state index contributed by atoms with van der Waals surface area (Å²) < 4.78 is 1.69. The van der Waals surface area contributed by atoms with Gasteiger partial charge in [0.25, 0.3) is 0 Å². The number of hydrogen-bond acceptors (Lipinski definition) is 6. The zero-order chi connectivity index (χ0) is 23.2. The molecule has 1 saturated heterocycles. The minimum atomic E-state index is -1.29. The highest BCUT2D eigenvalue weighted by Crippen LogP contribution is 2.40. The van der Waals surface area contributed by atoms with Crippen molar-refractivity contribution in [3.05, 3.63) is 47.3 Å². The SMILES string of the molecule is Cc1c(-c2ccccc2)c(N2CCCC2N(C)C)n2nc(C(C)(C)C(=O)O)nc2c1C#N. The topological polar surface area (TPSA) is 97.8 Å². The maximum atomic E-state index is 11.9. The Balaban J connectivity index is 2.13. The molecule has 32 heavy (non-hydrogen) atoms. The lowest BCUT2D eigenvalue weighted by Gasteiger charge is -2.33. The van der Waals surface area contributed by atoms with Crippen LogP contribution in [0.15, 0.2) is 30.3 Å². The van der Waals surface area contributed by atoms with E-state index in [1.165, 1.54) is 0 Å². The first-order valence-electron chi connectivity index (χ1n) is 10.7. The lowest BCUT2D eigenvalue weighted by atomic mass is 9.93. The summed E-state index contributed by atoms with van der Waals surface area (Å²) in [5.74, 6) is 0.0209. The van der Waals surface area contributed by atoms with E-state index in [0.29, 0.717) is 11.2 Å². The van der Waals surface area contributed by atoms with E-state index in [0.717, 1.165) is 41.9 Å². The molecule has 166 valence electrons. The van der Waals surface area contributed by atoms with Crippen LogP contribution in [0, 0.1) is 18.3 Å². The summed E-state index contributed by atoms with van der Waals surface area (Å²) >= 11 is 0. The van der Waals surface area contributed by atoms with E-state index in [2.05, 4.69) is 34.9 Å². The van der Waals surface area contributed by atoms with Gasteiger partial charge in [-0.3, -0.25) is 9.69 Å². The molecular formula is C24H28N6O2. The van der Waals surface area contributed by atoms with Crippen LogP contribution in [0.4, 0.5) is 5.82 Å². The maximum absolute atomic E-state index is 11.9. The second-order valence-electron chi connectivity index (χ2n) is 9.06. The van der Waals surface area contributed by atoms with E-state index in [1.807, 2.05) is 37.3 Å². The summed E-state index contributed by atoms with van der Waals surface area (Å²) in [4.78, 5) is 21.0. The minimum Gasteiger partial charge on any atom is -0.481 e. The summed E-state index contributed by atoms with van der Waals surface area (Å²) in [5, 5.41) is 24.5. The lowest BCUT2D eigenvalue weighted by molar-refractivity contribution is -0.142.